The van der Waals surface area contributed by atoms with Gasteiger partial charge in [0.1, 0.15) is 0 Å². The third-order valence-electron chi connectivity index (χ3n) is 2.60. The van der Waals surface area contributed by atoms with Gasteiger partial charge >= 0.3 is 5.82 Å². The standard InChI is InChI=1S/C11H14N4O2S/c1-8(5-9-3-4-18-6-9)13-11-10(15(16)17)12-7-14(11)2/h3-4,6-8,13H,5H2,1-2H3. The Hall–Kier alpha value is -1.89. The molecule has 0 spiro atoms. The molecule has 1 unspecified atom stereocenters. The lowest BCUT2D eigenvalue weighted by Gasteiger charge is -2.13. The number of thiophene rings is 1. The lowest BCUT2D eigenvalue weighted by atomic mass is 10.1. The van der Waals surface area contributed by atoms with Gasteiger partial charge in [-0.05, 0) is 45.6 Å². The molecule has 1 atom stereocenters. The minimum absolute atomic E-state index is 0.105. The predicted molar refractivity (Wildman–Crippen MR) is 71.0 cm³/mol. The molecule has 0 fully saturated rings. The Balaban J connectivity index is 2.09. The highest BCUT2D eigenvalue weighted by atomic mass is 32.1. The number of nitrogens with zero attached hydrogens (tertiary/aromatic N) is 3. The Labute approximate surface area is 108 Å². The lowest BCUT2D eigenvalue weighted by molar-refractivity contribution is -0.388. The zero-order chi connectivity index (χ0) is 13.1. The molecular formula is C11H14N4O2S. The van der Waals surface area contributed by atoms with Gasteiger partial charge in [0.15, 0.2) is 0 Å². The summed E-state index contributed by atoms with van der Waals surface area (Å²) in [6, 6.07) is 2.16. The maximum Gasteiger partial charge on any atom is 0.406 e. The van der Waals surface area contributed by atoms with E-state index in [0.717, 1.165) is 6.42 Å². The summed E-state index contributed by atoms with van der Waals surface area (Å²) in [6.45, 7) is 1.99. The molecule has 6 nitrogen and oxygen atoms in total. The quantitative estimate of drug-likeness (QED) is 0.666. The number of nitrogens with one attached hydrogen (secondary N) is 1. The van der Waals surface area contributed by atoms with E-state index in [2.05, 4.69) is 21.7 Å². The van der Waals surface area contributed by atoms with E-state index in [0.29, 0.717) is 5.82 Å². The minimum Gasteiger partial charge on any atom is -0.362 e. The van der Waals surface area contributed by atoms with Gasteiger partial charge in [-0.2, -0.15) is 11.3 Å². The second kappa shape index (κ2) is 5.18. The van der Waals surface area contributed by atoms with E-state index < -0.39 is 4.92 Å². The van der Waals surface area contributed by atoms with E-state index in [9.17, 15) is 10.1 Å². The largest absolute Gasteiger partial charge is 0.406 e. The molecule has 2 heterocycles. The molecule has 7 heteroatoms. The van der Waals surface area contributed by atoms with Gasteiger partial charge in [-0.15, -0.1) is 0 Å². The van der Waals surface area contributed by atoms with Gasteiger partial charge in [0, 0.05) is 13.1 Å². The molecule has 0 radical (unpaired) electrons. The number of aryl methyl sites for hydroxylation is 1. The zero-order valence-corrected chi connectivity index (χ0v) is 11.0. The van der Waals surface area contributed by atoms with Gasteiger partial charge < -0.3 is 15.4 Å². The maximum atomic E-state index is 10.8. The number of nitro groups is 1. The van der Waals surface area contributed by atoms with Crippen LogP contribution in [0.25, 0.3) is 0 Å². The summed E-state index contributed by atoms with van der Waals surface area (Å²) in [5, 5.41) is 18.1. The van der Waals surface area contributed by atoms with Crippen LogP contribution in [0.4, 0.5) is 11.6 Å². The summed E-state index contributed by atoms with van der Waals surface area (Å²) >= 11 is 1.65. The van der Waals surface area contributed by atoms with Gasteiger partial charge in [0.2, 0.25) is 12.1 Å². The van der Waals surface area contributed by atoms with E-state index >= 15 is 0 Å². The summed E-state index contributed by atoms with van der Waals surface area (Å²) in [4.78, 5) is 14.1. The molecule has 0 aromatic carbocycles. The summed E-state index contributed by atoms with van der Waals surface area (Å²) in [5.74, 6) is 0.317. The number of hydrogen-bond acceptors (Lipinski definition) is 5. The van der Waals surface area contributed by atoms with E-state index in [1.54, 1.807) is 23.0 Å². The number of imidazole rings is 1. The molecule has 0 aliphatic rings. The Morgan fingerprint density at radius 3 is 3.06 bits per heavy atom. The van der Waals surface area contributed by atoms with Gasteiger partial charge in [-0.3, -0.25) is 4.57 Å². The molecule has 96 valence electrons. The van der Waals surface area contributed by atoms with Crippen molar-refractivity contribution in [3.8, 4) is 0 Å². The maximum absolute atomic E-state index is 10.8. The summed E-state index contributed by atoms with van der Waals surface area (Å²) in [7, 11) is 1.74. The molecule has 0 saturated carbocycles. The molecule has 0 saturated heterocycles. The van der Waals surface area contributed by atoms with Crippen LogP contribution in [-0.2, 0) is 13.5 Å². The fraction of sp³-hybridized carbons (Fsp3) is 0.364. The molecule has 0 amide bonds. The Bertz CT molecular complexity index is 535. The second-order valence-corrected chi connectivity index (χ2v) is 4.95. The lowest BCUT2D eigenvalue weighted by Crippen LogP contribution is -2.20. The van der Waals surface area contributed by atoms with E-state index in [1.165, 1.54) is 11.9 Å². The Morgan fingerprint density at radius 2 is 2.44 bits per heavy atom. The fourth-order valence-electron chi connectivity index (χ4n) is 1.76. The molecule has 2 rings (SSSR count). The Kier molecular flexibility index (Phi) is 3.61. The van der Waals surface area contributed by atoms with Gasteiger partial charge in [0.05, 0.1) is 0 Å². The molecule has 1 N–H and O–H groups in total. The van der Waals surface area contributed by atoms with Crippen molar-refractivity contribution < 1.29 is 4.92 Å². The highest BCUT2D eigenvalue weighted by Crippen LogP contribution is 2.22. The first-order valence-corrected chi connectivity index (χ1v) is 6.45. The van der Waals surface area contributed by atoms with Crippen LogP contribution in [0.15, 0.2) is 23.2 Å². The van der Waals surface area contributed by atoms with Gasteiger partial charge in [-0.25, -0.2) is 0 Å². The summed E-state index contributed by atoms with van der Waals surface area (Å²) < 4.78 is 1.63. The normalized spacial score (nSPS) is 12.3. The minimum atomic E-state index is -0.473. The third-order valence-corrected chi connectivity index (χ3v) is 3.33. The van der Waals surface area contributed by atoms with Crippen molar-refractivity contribution in [2.24, 2.45) is 7.05 Å². The first kappa shape index (κ1) is 12.6. The Morgan fingerprint density at radius 1 is 1.67 bits per heavy atom. The van der Waals surface area contributed by atoms with Crippen molar-refractivity contribution in [2.45, 2.75) is 19.4 Å². The van der Waals surface area contributed by atoms with E-state index in [-0.39, 0.29) is 11.9 Å². The summed E-state index contributed by atoms with van der Waals surface area (Å²) in [5.41, 5.74) is 1.23. The second-order valence-electron chi connectivity index (χ2n) is 4.17. The molecule has 0 aliphatic heterocycles. The van der Waals surface area contributed by atoms with Crippen LogP contribution >= 0.6 is 11.3 Å². The number of rotatable bonds is 5. The molecule has 2 aromatic heterocycles. The molecular weight excluding hydrogens is 252 g/mol. The van der Waals surface area contributed by atoms with Crippen molar-refractivity contribution in [1.29, 1.82) is 0 Å². The van der Waals surface area contributed by atoms with E-state index in [1.807, 2.05) is 12.3 Å². The molecule has 2 aromatic rings. The highest BCUT2D eigenvalue weighted by Gasteiger charge is 2.21. The number of anilines is 1. The van der Waals surface area contributed by atoms with Crippen molar-refractivity contribution >= 4 is 23.0 Å². The monoisotopic (exact) mass is 266 g/mol. The molecule has 18 heavy (non-hydrogen) atoms. The number of aromatic nitrogens is 2. The number of hydrogen-bond donors (Lipinski definition) is 1. The SMILES string of the molecule is CC(Cc1ccsc1)Nc1c([N+](=O)[O-])ncn1C. The zero-order valence-electron chi connectivity index (χ0n) is 10.2. The van der Waals surface area contributed by atoms with Gasteiger partial charge in [-0.1, -0.05) is 0 Å². The van der Waals surface area contributed by atoms with Crippen LogP contribution in [0.2, 0.25) is 0 Å². The van der Waals surface area contributed by atoms with Gasteiger partial charge in [0.25, 0.3) is 0 Å². The fourth-order valence-corrected chi connectivity index (χ4v) is 2.45. The van der Waals surface area contributed by atoms with Crippen LogP contribution in [-0.4, -0.2) is 20.5 Å². The average molecular weight is 266 g/mol. The van der Waals surface area contributed by atoms with Crippen molar-refractivity contribution in [2.75, 3.05) is 5.32 Å². The smallest absolute Gasteiger partial charge is 0.362 e. The first-order chi connectivity index (χ1) is 8.58. The van der Waals surface area contributed by atoms with Crippen molar-refractivity contribution in [3.63, 3.8) is 0 Å². The summed E-state index contributed by atoms with van der Waals surface area (Å²) in [6.07, 6.45) is 2.27. The van der Waals surface area contributed by atoms with Crippen molar-refractivity contribution in [3.05, 3.63) is 38.8 Å². The highest BCUT2D eigenvalue weighted by molar-refractivity contribution is 7.07. The average Bonchev–Trinajstić information content (AvgIpc) is 2.90. The molecule has 0 bridgehead atoms. The third kappa shape index (κ3) is 2.67. The first-order valence-electron chi connectivity index (χ1n) is 5.51. The van der Waals surface area contributed by atoms with Crippen LogP contribution in [0.1, 0.15) is 12.5 Å². The van der Waals surface area contributed by atoms with E-state index in [4.69, 9.17) is 0 Å². The van der Waals surface area contributed by atoms with Crippen molar-refractivity contribution in [1.82, 2.24) is 9.55 Å². The van der Waals surface area contributed by atoms with Crippen LogP contribution < -0.4 is 5.32 Å². The topological polar surface area (TPSA) is 73.0 Å². The van der Waals surface area contributed by atoms with Crippen LogP contribution in [0, 0.1) is 10.1 Å². The van der Waals surface area contributed by atoms with Crippen LogP contribution in [0.5, 0.6) is 0 Å². The predicted octanol–water partition coefficient (Wildman–Crippen LogP) is 2.43. The van der Waals surface area contributed by atoms with Crippen LogP contribution in [0.3, 0.4) is 0 Å². The molecule has 0 aliphatic carbocycles.